The molecule has 0 radical (unpaired) electrons. The Morgan fingerprint density at radius 1 is 1.11 bits per heavy atom. The SMILES string of the molecule is CC1CCCC(C)N1Cc1cc2c(N)nc(-c3ccc(C(C)(C)C)s3)nc2s1. The summed E-state index contributed by atoms with van der Waals surface area (Å²) in [6, 6.07) is 7.77. The van der Waals surface area contributed by atoms with Gasteiger partial charge in [0.1, 0.15) is 10.6 Å². The average Bonchev–Trinajstić information content (AvgIpc) is 3.25. The summed E-state index contributed by atoms with van der Waals surface area (Å²) in [5, 5.41) is 0.994. The topological polar surface area (TPSA) is 55.0 Å². The molecule has 1 aliphatic heterocycles. The summed E-state index contributed by atoms with van der Waals surface area (Å²) in [6.45, 7) is 12.4. The van der Waals surface area contributed by atoms with Crippen LogP contribution in [-0.4, -0.2) is 27.0 Å². The molecule has 1 fully saturated rings. The second kappa shape index (κ2) is 7.39. The molecule has 150 valence electrons. The molecule has 1 saturated heterocycles. The predicted molar refractivity (Wildman–Crippen MR) is 122 cm³/mol. The number of aromatic nitrogens is 2. The van der Waals surface area contributed by atoms with E-state index < -0.39 is 0 Å². The highest BCUT2D eigenvalue weighted by Crippen LogP contribution is 2.37. The lowest BCUT2D eigenvalue weighted by atomic mass is 9.95. The first-order valence-electron chi connectivity index (χ1n) is 10.1. The summed E-state index contributed by atoms with van der Waals surface area (Å²) in [5.41, 5.74) is 6.47. The van der Waals surface area contributed by atoms with Gasteiger partial charge in [-0.2, -0.15) is 0 Å². The van der Waals surface area contributed by atoms with Gasteiger partial charge in [-0.15, -0.1) is 22.7 Å². The van der Waals surface area contributed by atoms with E-state index in [0.717, 1.165) is 27.5 Å². The van der Waals surface area contributed by atoms with Crippen LogP contribution in [0.5, 0.6) is 0 Å². The Hall–Kier alpha value is -1.50. The quantitative estimate of drug-likeness (QED) is 0.566. The summed E-state index contributed by atoms with van der Waals surface area (Å²) in [4.78, 5) is 16.9. The first-order chi connectivity index (χ1) is 13.2. The Morgan fingerprint density at radius 2 is 1.82 bits per heavy atom. The van der Waals surface area contributed by atoms with Crippen LogP contribution in [0.2, 0.25) is 0 Å². The van der Waals surface area contributed by atoms with Gasteiger partial charge < -0.3 is 5.73 Å². The molecule has 4 heterocycles. The first kappa shape index (κ1) is 19.8. The molecule has 0 saturated carbocycles. The number of nitrogens with two attached hydrogens (primary N) is 1. The van der Waals surface area contributed by atoms with Gasteiger partial charge in [0.25, 0.3) is 0 Å². The lowest BCUT2D eigenvalue weighted by Crippen LogP contribution is -2.42. The summed E-state index contributed by atoms with van der Waals surface area (Å²) >= 11 is 3.52. The number of hydrogen-bond donors (Lipinski definition) is 1. The Balaban J connectivity index is 1.65. The van der Waals surface area contributed by atoms with Crippen LogP contribution in [0.25, 0.3) is 20.9 Å². The Labute approximate surface area is 175 Å². The third-order valence-corrected chi connectivity index (χ3v) is 8.27. The van der Waals surface area contributed by atoms with E-state index in [0.29, 0.717) is 17.9 Å². The van der Waals surface area contributed by atoms with Crippen molar-refractivity contribution in [3.8, 4) is 10.7 Å². The van der Waals surface area contributed by atoms with E-state index in [1.807, 2.05) is 0 Å². The zero-order valence-corrected chi connectivity index (χ0v) is 19.1. The number of likely N-dealkylation sites (tertiary alicyclic amines) is 1. The molecule has 3 aromatic rings. The third kappa shape index (κ3) is 3.82. The largest absolute Gasteiger partial charge is 0.383 e. The number of anilines is 1. The average molecular weight is 415 g/mol. The monoisotopic (exact) mass is 414 g/mol. The van der Waals surface area contributed by atoms with E-state index in [2.05, 4.69) is 62.7 Å². The molecular formula is C22H30N4S2. The maximum absolute atomic E-state index is 6.33. The van der Waals surface area contributed by atoms with Crippen LogP contribution in [0.15, 0.2) is 18.2 Å². The summed E-state index contributed by atoms with van der Waals surface area (Å²) in [5.74, 6) is 1.34. The van der Waals surface area contributed by atoms with Gasteiger partial charge in [0.05, 0.1) is 10.3 Å². The highest BCUT2D eigenvalue weighted by Gasteiger charge is 2.25. The van der Waals surface area contributed by atoms with Crippen molar-refractivity contribution >= 4 is 38.7 Å². The summed E-state index contributed by atoms with van der Waals surface area (Å²) in [6.07, 6.45) is 3.91. The van der Waals surface area contributed by atoms with Crippen LogP contribution in [0.4, 0.5) is 5.82 Å². The molecule has 0 amide bonds. The fraction of sp³-hybridized carbons (Fsp3) is 0.545. The molecule has 6 heteroatoms. The minimum Gasteiger partial charge on any atom is -0.383 e. The Bertz CT molecular complexity index is 972. The van der Waals surface area contributed by atoms with E-state index in [9.17, 15) is 0 Å². The Morgan fingerprint density at radius 3 is 2.46 bits per heavy atom. The zero-order valence-electron chi connectivity index (χ0n) is 17.5. The molecule has 2 N–H and O–H groups in total. The second-order valence-electron chi connectivity index (χ2n) is 9.08. The molecular weight excluding hydrogens is 384 g/mol. The predicted octanol–water partition coefficient (Wildman–Crippen LogP) is 6.06. The van der Waals surface area contributed by atoms with Crippen LogP contribution < -0.4 is 5.73 Å². The lowest BCUT2D eigenvalue weighted by molar-refractivity contribution is 0.0965. The number of thiophene rings is 2. The standard InChI is InChI=1S/C22H30N4S2/c1-13-7-6-8-14(2)26(13)12-15-11-16-19(23)24-20(25-21(16)27-15)17-9-10-18(28-17)22(3,4)5/h9-11,13-14H,6-8,12H2,1-5H3,(H2,23,24,25). The van der Waals surface area contributed by atoms with Gasteiger partial charge in [0.2, 0.25) is 0 Å². The van der Waals surface area contributed by atoms with Gasteiger partial charge in [-0.05, 0) is 50.3 Å². The molecule has 4 rings (SSSR count). The van der Waals surface area contributed by atoms with Crippen molar-refractivity contribution < 1.29 is 0 Å². The molecule has 0 spiro atoms. The normalized spacial score (nSPS) is 21.5. The minimum absolute atomic E-state index is 0.135. The molecule has 3 aromatic heterocycles. The van der Waals surface area contributed by atoms with Crippen molar-refractivity contribution in [2.45, 2.75) is 77.9 Å². The van der Waals surface area contributed by atoms with Gasteiger partial charge in [-0.1, -0.05) is 27.2 Å². The zero-order chi connectivity index (χ0) is 20.1. The maximum atomic E-state index is 6.33. The van der Waals surface area contributed by atoms with Crippen molar-refractivity contribution in [2.24, 2.45) is 0 Å². The van der Waals surface area contributed by atoms with E-state index in [-0.39, 0.29) is 5.41 Å². The smallest absolute Gasteiger partial charge is 0.173 e. The van der Waals surface area contributed by atoms with Gasteiger partial charge in [-0.25, -0.2) is 9.97 Å². The van der Waals surface area contributed by atoms with Gasteiger partial charge >= 0.3 is 0 Å². The van der Waals surface area contributed by atoms with Gasteiger partial charge in [0, 0.05) is 28.4 Å². The van der Waals surface area contributed by atoms with Crippen molar-refractivity contribution in [3.63, 3.8) is 0 Å². The number of nitrogens with zero attached hydrogens (tertiary/aromatic N) is 3. The van der Waals surface area contributed by atoms with Crippen LogP contribution in [-0.2, 0) is 12.0 Å². The number of fused-ring (bicyclic) bond motifs is 1. The van der Waals surface area contributed by atoms with Crippen LogP contribution in [0.3, 0.4) is 0 Å². The highest BCUT2D eigenvalue weighted by atomic mass is 32.1. The molecule has 0 aliphatic carbocycles. The lowest BCUT2D eigenvalue weighted by Gasteiger charge is -2.38. The van der Waals surface area contributed by atoms with Crippen LogP contribution in [0, 0.1) is 0 Å². The molecule has 0 aromatic carbocycles. The molecule has 2 atom stereocenters. The summed E-state index contributed by atoms with van der Waals surface area (Å²) < 4.78 is 0. The fourth-order valence-corrected chi connectivity index (χ4v) is 6.05. The summed E-state index contributed by atoms with van der Waals surface area (Å²) in [7, 11) is 0. The minimum atomic E-state index is 0.135. The number of piperidine rings is 1. The van der Waals surface area contributed by atoms with Gasteiger partial charge in [-0.3, -0.25) is 4.90 Å². The van der Waals surface area contributed by atoms with Crippen molar-refractivity contribution in [2.75, 3.05) is 5.73 Å². The molecule has 2 unspecified atom stereocenters. The molecule has 4 nitrogen and oxygen atoms in total. The van der Waals surface area contributed by atoms with E-state index in [1.54, 1.807) is 22.7 Å². The number of hydrogen-bond acceptors (Lipinski definition) is 6. The van der Waals surface area contributed by atoms with E-state index in [4.69, 9.17) is 10.7 Å². The first-order valence-corrected chi connectivity index (χ1v) is 11.8. The number of rotatable bonds is 3. The van der Waals surface area contributed by atoms with E-state index in [1.165, 1.54) is 29.0 Å². The second-order valence-corrected chi connectivity index (χ2v) is 11.3. The molecule has 0 bridgehead atoms. The van der Waals surface area contributed by atoms with Crippen LogP contribution in [0.1, 0.15) is 63.6 Å². The van der Waals surface area contributed by atoms with Crippen LogP contribution >= 0.6 is 22.7 Å². The Kier molecular flexibility index (Phi) is 5.23. The van der Waals surface area contributed by atoms with E-state index >= 15 is 0 Å². The molecule has 28 heavy (non-hydrogen) atoms. The maximum Gasteiger partial charge on any atom is 0.173 e. The third-order valence-electron chi connectivity index (χ3n) is 5.75. The van der Waals surface area contributed by atoms with Crippen molar-refractivity contribution in [1.29, 1.82) is 0 Å². The molecule has 1 aliphatic rings. The fourth-order valence-electron chi connectivity index (χ4n) is 4.01. The highest BCUT2D eigenvalue weighted by molar-refractivity contribution is 7.18. The number of nitrogen functional groups attached to an aromatic ring is 1. The van der Waals surface area contributed by atoms with Gasteiger partial charge in [0.15, 0.2) is 5.82 Å². The van der Waals surface area contributed by atoms with Crippen molar-refractivity contribution in [1.82, 2.24) is 14.9 Å². The van der Waals surface area contributed by atoms with Crippen molar-refractivity contribution in [3.05, 3.63) is 28.0 Å².